The highest BCUT2D eigenvalue weighted by Crippen LogP contribution is 2.37. The number of anilines is 1. The molecule has 2 aromatic rings. The summed E-state index contributed by atoms with van der Waals surface area (Å²) in [5.74, 6) is 1.81. The summed E-state index contributed by atoms with van der Waals surface area (Å²) in [4.78, 5) is 0. The minimum absolute atomic E-state index is 0.319. The van der Waals surface area contributed by atoms with E-state index in [4.69, 9.17) is 19.7 Å². The second kappa shape index (κ2) is 3.69. The average molecular weight is 232 g/mol. The lowest BCUT2D eigenvalue weighted by Crippen LogP contribution is -2.15. The van der Waals surface area contributed by atoms with E-state index in [1.807, 2.05) is 25.1 Å². The lowest BCUT2D eigenvalue weighted by atomic mass is 10.1. The van der Waals surface area contributed by atoms with Crippen LogP contribution in [0.25, 0.3) is 11.1 Å². The highest BCUT2D eigenvalue weighted by atomic mass is 16.6. The van der Waals surface area contributed by atoms with Crippen LogP contribution >= 0.6 is 0 Å². The molecular weight excluding hydrogens is 220 g/mol. The molecule has 1 aliphatic rings. The van der Waals surface area contributed by atoms with Crippen molar-refractivity contribution < 1.29 is 14.0 Å². The molecule has 5 nitrogen and oxygen atoms in total. The number of benzene rings is 1. The second-order valence-electron chi connectivity index (χ2n) is 3.87. The first-order valence-corrected chi connectivity index (χ1v) is 5.37. The molecule has 0 saturated carbocycles. The molecule has 5 heteroatoms. The van der Waals surface area contributed by atoms with Gasteiger partial charge in [0, 0.05) is 0 Å². The Morgan fingerprint density at radius 1 is 1.18 bits per heavy atom. The molecule has 0 atom stereocenters. The Morgan fingerprint density at radius 2 is 1.94 bits per heavy atom. The Morgan fingerprint density at radius 3 is 2.65 bits per heavy atom. The van der Waals surface area contributed by atoms with Crippen LogP contribution in [-0.2, 0) is 0 Å². The first-order chi connectivity index (χ1) is 8.25. The number of ether oxygens (including phenoxy) is 2. The van der Waals surface area contributed by atoms with Gasteiger partial charge in [0.05, 0.1) is 11.3 Å². The van der Waals surface area contributed by atoms with E-state index >= 15 is 0 Å². The first kappa shape index (κ1) is 10.0. The van der Waals surface area contributed by atoms with E-state index in [2.05, 4.69) is 5.16 Å². The van der Waals surface area contributed by atoms with Gasteiger partial charge in [-0.1, -0.05) is 11.2 Å². The van der Waals surface area contributed by atoms with E-state index in [1.54, 1.807) is 0 Å². The molecule has 0 amide bonds. The van der Waals surface area contributed by atoms with E-state index in [0.717, 1.165) is 28.3 Å². The molecule has 0 spiro atoms. The van der Waals surface area contributed by atoms with Crippen molar-refractivity contribution in [3.8, 4) is 22.6 Å². The van der Waals surface area contributed by atoms with Gasteiger partial charge in [-0.05, 0) is 24.6 Å². The van der Waals surface area contributed by atoms with Crippen LogP contribution in [0.2, 0.25) is 0 Å². The Labute approximate surface area is 98.1 Å². The van der Waals surface area contributed by atoms with Gasteiger partial charge >= 0.3 is 0 Å². The van der Waals surface area contributed by atoms with E-state index in [1.165, 1.54) is 0 Å². The smallest absolute Gasteiger partial charge is 0.230 e. The van der Waals surface area contributed by atoms with E-state index in [-0.39, 0.29) is 0 Å². The van der Waals surface area contributed by atoms with Crippen molar-refractivity contribution in [1.82, 2.24) is 5.16 Å². The van der Waals surface area contributed by atoms with Gasteiger partial charge in [0.25, 0.3) is 0 Å². The monoisotopic (exact) mass is 232 g/mol. The summed E-state index contributed by atoms with van der Waals surface area (Å²) >= 11 is 0. The first-order valence-electron chi connectivity index (χ1n) is 5.37. The van der Waals surface area contributed by atoms with Crippen molar-refractivity contribution in [2.75, 3.05) is 18.9 Å². The van der Waals surface area contributed by atoms with Crippen LogP contribution in [0, 0.1) is 6.92 Å². The molecule has 0 saturated heterocycles. The largest absolute Gasteiger partial charge is 0.486 e. The molecule has 2 N–H and O–H groups in total. The topological polar surface area (TPSA) is 70.5 Å². The second-order valence-corrected chi connectivity index (χ2v) is 3.87. The molecule has 0 bridgehead atoms. The van der Waals surface area contributed by atoms with Crippen LogP contribution in [-0.4, -0.2) is 18.4 Å². The zero-order valence-electron chi connectivity index (χ0n) is 9.40. The van der Waals surface area contributed by atoms with Crippen molar-refractivity contribution in [2.24, 2.45) is 0 Å². The molecule has 0 unspecified atom stereocenters. The molecule has 17 heavy (non-hydrogen) atoms. The molecule has 1 aromatic heterocycles. The summed E-state index contributed by atoms with van der Waals surface area (Å²) in [7, 11) is 0. The molecule has 2 heterocycles. The van der Waals surface area contributed by atoms with Gasteiger partial charge in [0.1, 0.15) is 13.2 Å². The van der Waals surface area contributed by atoms with Crippen molar-refractivity contribution in [2.45, 2.75) is 6.92 Å². The third-order valence-electron chi connectivity index (χ3n) is 2.72. The zero-order valence-corrected chi connectivity index (χ0v) is 9.40. The van der Waals surface area contributed by atoms with E-state index < -0.39 is 0 Å². The minimum atomic E-state index is 0.319. The Bertz CT molecular complexity index is 543. The molecule has 0 radical (unpaired) electrons. The zero-order chi connectivity index (χ0) is 11.8. The quantitative estimate of drug-likeness (QED) is 0.814. The van der Waals surface area contributed by atoms with Gasteiger partial charge in [-0.3, -0.25) is 0 Å². The summed E-state index contributed by atoms with van der Waals surface area (Å²) in [5.41, 5.74) is 8.24. The number of nitrogens with two attached hydrogens (primary N) is 1. The minimum Gasteiger partial charge on any atom is -0.486 e. The fourth-order valence-corrected chi connectivity index (χ4v) is 1.94. The van der Waals surface area contributed by atoms with Gasteiger partial charge in [0.2, 0.25) is 5.88 Å². The van der Waals surface area contributed by atoms with Gasteiger partial charge < -0.3 is 19.7 Å². The van der Waals surface area contributed by atoms with Crippen molar-refractivity contribution in [3.05, 3.63) is 23.9 Å². The number of hydrogen-bond acceptors (Lipinski definition) is 5. The third-order valence-corrected chi connectivity index (χ3v) is 2.72. The summed E-state index contributed by atoms with van der Waals surface area (Å²) in [6, 6.07) is 5.68. The van der Waals surface area contributed by atoms with Gasteiger partial charge in [-0.15, -0.1) is 0 Å². The average Bonchev–Trinajstić information content (AvgIpc) is 2.68. The summed E-state index contributed by atoms with van der Waals surface area (Å²) in [5, 5.41) is 3.83. The molecular formula is C12H12N2O3. The number of aryl methyl sites for hydroxylation is 1. The van der Waals surface area contributed by atoms with E-state index in [9.17, 15) is 0 Å². The lowest BCUT2D eigenvalue weighted by Gasteiger charge is -2.18. The van der Waals surface area contributed by atoms with Crippen LogP contribution in [0.5, 0.6) is 11.5 Å². The SMILES string of the molecule is Cc1noc(N)c1-c1ccc2c(c1)OCCO2. The number of fused-ring (bicyclic) bond motifs is 1. The molecule has 3 rings (SSSR count). The number of hydrogen-bond donors (Lipinski definition) is 1. The number of rotatable bonds is 1. The maximum atomic E-state index is 5.75. The van der Waals surface area contributed by atoms with Gasteiger partial charge in [-0.2, -0.15) is 0 Å². The highest BCUT2D eigenvalue weighted by Gasteiger charge is 2.17. The van der Waals surface area contributed by atoms with Gasteiger partial charge in [0.15, 0.2) is 11.5 Å². The lowest BCUT2D eigenvalue weighted by molar-refractivity contribution is 0.171. The molecule has 0 fully saturated rings. The van der Waals surface area contributed by atoms with Crippen LogP contribution in [0.1, 0.15) is 5.69 Å². The molecule has 88 valence electrons. The van der Waals surface area contributed by atoms with Crippen molar-refractivity contribution in [1.29, 1.82) is 0 Å². The maximum absolute atomic E-state index is 5.75. The van der Waals surface area contributed by atoms with Crippen LogP contribution in [0.4, 0.5) is 5.88 Å². The number of nitrogens with zero attached hydrogens (tertiary/aromatic N) is 1. The fraction of sp³-hybridized carbons (Fsp3) is 0.250. The Balaban J connectivity index is 2.10. The predicted octanol–water partition coefficient (Wildman–Crippen LogP) is 2.00. The standard InChI is InChI=1S/C12H12N2O3/c1-7-11(12(13)17-14-7)8-2-3-9-10(6-8)16-5-4-15-9/h2-3,6H,4-5,13H2,1H3. The molecule has 1 aliphatic heterocycles. The van der Waals surface area contributed by atoms with Crippen LogP contribution < -0.4 is 15.2 Å². The van der Waals surface area contributed by atoms with Crippen LogP contribution in [0.3, 0.4) is 0 Å². The number of aromatic nitrogens is 1. The van der Waals surface area contributed by atoms with Gasteiger partial charge in [-0.25, -0.2) is 0 Å². The van der Waals surface area contributed by atoms with Crippen LogP contribution in [0.15, 0.2) is 22.7 Å². The highest BCUT2D eigenvalue weighted by molar-refractivity contribution is 5.76. The third kappa shape index (κ3) is 1.60. The van der Waals surface area contributed by atoms with Crippen molar-refractivity contribution >= 4 is 5.88 Å². The summed E-state index contributed by atoms with van der Waals surface area (Å²) in [6.45, 7) is 3.00. The normalized spacial score (nSPS) is 13.7. The maximum Gasteiger partial charge on any atom is 0.230 e. The fourth-order valence-electron chi connectivity index (χ4n) is 1.94. The summed E-state index contributed by atoms with van der Waals surface area (Å²) in [6.07, 6.45) is 0. The summed E-state index contributed by atoms with van der Waals surface area (Å²) < 4.78 is 15.9. The molecule has 0 aliphatic carbocycles. The van der Waals surface area contributed by atoms with Crippen molar-refractivity contribution in [3.63, 3.8) is 0 Å². The molecule has 1 aromatic carbocycles. The number of nitrogen functional groups attached to an aromatic ring is 1. The predicted molar refractivity (Wildman–Crippen MR) is 62.1 cm³/mol. The van der Waals surface area contributed by atoms with E-state index in [0.29, 0.717) is 19.1 Å². The Kier molecular flexibility index (Phi) is 2.18. The Hall–Kier alpha value is -2.17.